The van der Waals surface area contributed by atoms with Gasteiger partial charge in [-0.15, -0.1) is 0 Å². The number of aryl methyl sites for hydroxylation is 1. The van der Waals surface area contributed by atoms with Crippen molar-refractivity contribution < 1.29 is 9.59 Å². The Balaban J connectivity index is 1.78. The van der Waals surface area contributed by atoms with Gasteiger partial charge in [-0.05, 0) is 55.0 Å². The molecule has 0 saturated carbocycles. The summed E-state index contributed by atoms with van der Waals surface area (Å²) in [5.41, 5.74) is 11.6. The Morgan fingerprint density at radius 3 is 2.52 bits per heavy atom. The number of carbonyl (C=O) groups excluding carboxylic acids is 2. The minimum absolute atomic E-state index is 0.00428. The van der Waals surface area contributed by atoms with Crippen molar-refractivity contribution in [3.05, 3.63) is 82.7 Å². The molecule has 5 heteroatoms. The SMILES string of the molecule is Cc1cn(-c2ccc(C(N)=O)c(N[C@H](C)c3ccccc3)c2)c2c1C(=O)CC(C)(C)C2. The fourth-order valence-electron chi connectivity index (χ4n) is 4.58. The number of amides is 1. The maximum absolute atomic E-state index is 12.8. The molecule has 160 valence electrons. The second kappa shape index (κ2) is 7.73. The lowest BCUT2D eigenvalue weighted by Gasteiger charge is -2.30. The molecule has 4 rings (SSSR count). The Morgan fingerprint density at radius 1 is 1.13 bits per heavy atom. The molecule has 3 aromatic rings. The van der Waals surface area contributed by atoms with Gasteiger partial charge in [-0.2, -0.15) is 0 Å². The summed E-state index contributed by atoms with van der Waals surface area (Å²) >= 11 is 0. The first-order valence-corrected chi connectivity index (χ1v) is 10.7. The van der Waals surface area contributed by atoms with Crippen molar-refractivity contribution in [3.8, 4) is 5.69 Å². The van der Waals surface area contributed by atoms with E-state index in [9.17, 15) is 9.59 Å². The third-order valence-electron chi connectivity index (χ3n) is 6.08. The van der Waals surface area contributed by atoms with E-state index in [1.807, 2.05) is 55.6 Å². The zero-order valence-corrected chi connectivity index (χ0v) is 18.5. The molecule has 0 saturated heterocycles. The molecule has 1 aliphatic carbocycles. The van der Waals surface area contributed by atoms with Gasteiger partial charge in [-0.3, -0.25) is 9.59 Å². The predicted molar refractivity (Wildman–Crippen MR) is 124 cm³/mol. The minimum atomic E-state index is -0.476. The van der Waals surface area contributed by atoms with Crippen LogP contribution in [0.2, 0.25) is 0 Å². The number of primary amides is 1. The number of aromatic nitrogens is 1. The Morgan fingerprint density at radius 2 is 1.84 bits per heavy atom. The molecule has 1 aromatic heterocycles. The van der Waals surface area contributed by atoms with Crippen LogP contribution in [0.5, 0.6) is 0 Å². The summed E-state index contributed by atoms with van der Waals surface area (Å²) in [7, 11) is 0. The van der Waals surface area contributed by atoms with Crippen LogP contribution in [0.3, 0.4) is 0 Å². The molecule has 1 atom stereocenters. The predicted octanol–water partition coefficient (Wildman–Crippen LogP) is 5.21. The molecule has 3 N–H and O–H groups in total. The topological polar surface area (TPSA) is 77.1 Å². The lowest BCUT2D eigenvalue weighted by molar-refractivity contribution is 0.0909. The van der Waals surface area contributed by atoms with Crippen molar-refractivity contribution in [3.63, 3.8) is 0 Å². The summed E-state index contributed by atoms with van der Waals surface area (Å²) in [6.45, 7) is 8.30. The van der Waals surface area contributed by atoms with Crippen LogP contribution in [-0.4, -0.2) is 16.3 Å². The summed E-state index contributed by atoms with van der Waals surface area (Å²) in [6, 6.07) is 15.7. The van der Waals surface area contributed by atoms with Crippen molar-refractivity contribution in [2.45, 2.75) is 46.6 Å². The van der Waals surface area contributed by atoms with Gasteiger partial charge in [-0.25, -0.2) is 0 Å². The van der Waals surface area contributed by atoms with Crippen LogP contribution in [0.4, 0.5) is 5.69 Å². The number of nitrogens with zero attached hydrogens (tertiary/aromatic N) is 1. The summed E-state index contributed by atoms with van der Waals surface area (Å²) in [4.78, 5) is 24.9. The molecule has 0 aliphatic heterocycles. The van der Waals surface area contributed by atoms with Gasteiger partial charge in [0.25, 0.3) is 5.91 Å². The number of Topliss-reactive ketones (excluding diaryl/α,β-unsaturated/α-hetero) is 1. The van der Waals surface area contributed by atoms with Crippen LogP contribution in [0.25, 0.3) is 5.69 Å². The molecule has 1 aliphatic rings. The Kier molecular flexibility index (Phi) is 5.21. The Bertz CT molecular complexity index is 1160. The second-order valence-corrected chi connectivity index (χ2v) is 9.32. The van der Waals surface area contributed by atoms with Crippen molar-refractivity contribution in [2.24, 2.45) is 11.1 Å². The number of benzene rings is 2. The second-order valence-electron chi connectivity index (χ2n) is 9.32. The number of nitrogens with one attached hydrogen (secondary N) is 1. The molecule has 2 aromatic carbocycles. The molecular formula is C26H29N3O2. The first-order valence-electron chi connectivity index (χ1n) is 10.7. The standard InChI is InChI=1S/C26H29N3O2/c1-16-15-29(22-13-26(3,4)14-23(30)24(16)22)19-10-11-20(25(27)31)21(12-19)28-17(2)18-8-6-5-7-9-18/h5-12,15,17,28H,13-14H2,1-4H3,(H2,27,31)/t17-/m1/s1. The number of carbonyl (C=O) groups is 2. The molecule has 0 radical (unpaired) electrons. The van der Waals surface area contributed by atoms with Gasteiger partial charge >= 0.3 is 0 Å². The van der Waals surface area contributed by atoms with Crippen molar-refractivity contribution >= 4 is 17.4 Å². The van der Waals surface area contributed by atoms with E-state index < -0.39 is 5.91 Å². The van der Waals surface area contributed by atoms with Crippen molar-refractivity contribution in [1.29, 1.82) is 0 Å². The van der Waals surface area contributed by atoms with E-state index in [0.29, 0.717) is 17.7 Å². The average Bonchev–Trinajstić information content (AvgIpc) is 3.03. The molecule has 0 unspecified atom stereocenters. The lowest BCUT2D eigenvalue weighted by atomic mass is 9.75. The van der Waals surface area contributed by atoms with Gasteiger partial charge < -0.3 is 15.6 Å². The average molecular weight is 416 g/mol. The zero-order valence-electron chi connectivity index (χ0n) is 18.5. The molecule has 1 amide bonds. The van der Waals surface area contributed by atoms with Crippen LogP contribution in [0.15, 0.2) is 54.7 Å². The van der Waals surface area contributed by atoms with E-state index in [2.05, 4.69) is 30.7 Å². The number of nitrogens with two attached hydrogens (primary N) is 1. The van der Waals surface area contributed by atoms with Crippen LogP contribution in [-0.2, 0) is 6.42 Å². The van der Waals surface area contributed by atoms with Crippen LogP contribution in [0, 0.1) is 12.3 Å². The van der Waals surface area contributed by atoms with E-state index in [1.165, 1.54) is 0 Å². The number of anilines is 1. The quantitative estimate of drug-likeness (QED) is 0.600. The molecule has 31 heavy (non-hydrogen) atoms. The van der Waals surface area contributed by atoms with Gasteiger partial charge in [0.1, 0.15) is 0 Å². The number of fused-ring (bicyclic) bond motifs is 1. The first-order chi connectivity index (χ1) is 14.7. The van der Waals surface area contributed by atoms with Crippen LogP contribution in [0.1, 0.15) is 70.8 Å². The van der Waals surface area contributed by atoms with E-state index >= 15 is 0 Å². The lowest BCUT2D eigenvalue weighted by Crippen LogP contribution is -2.28. The molecule has 0 bridgehead atoms. The zero-order chi connectivity index (χ0) is 22.3. The minimum Gasteiger partial charge on any atom is -0.378 e. The molecule has 0 spiro atoms. The number of hydrogen-bond donors (Lipinski definition) is 2. The van der Waals surface area contributed by atoms with Gasteiger partial charge in [0, 0.05) is 41.3 Å². The summed E-state index contributed by atoms with van der Waals surface area (Å²) in [6.07, 6.45) is 3.41. The highest BCUT2D eigenvalue weighted by molar-refractivity contribution is 6.01. The molecule has 1 heterocycles. The summed E-state index contributed by atoms with van der Waals surface area (Å²) in [5.74, 6) is -0.274. The van der Waals surface area contributed by atoms with Gasteiger partial charge in [-0.1, -0.05) is 44.2 Å². The number of rotatable bonds is 5. The molecule has 0 fully saturated rings. The number of ketones is 1. The van der Waals surface area contributed by atoms with E-state index in [1.54, 1.807) is 6.07 Å². The number of hydrogen-bond acceptors (Lipinski definition) is 3. The molecular weight excluding hydrogens is 386 g/mol. The summed E-state index contributed by atoms with van der Waals surface area (Å²) < 4.78 is 2.09. The highest BCUT2D eigenvalue weighted by Crippen LogP contribution is 2.38. The van der Waals surface area contributed by atoms with E-state index in [-0.39, 0.29) is 17.2 Å². The fourth-order valence-corrected chi connectivity index (χ4v) is 4.58. The maximum atomic E-state index is 12.8. The van der Waals surface area contributed by atoms with Gasteiger partial charge in [0.2, 0.25) is 0 Å². The Hall–Kier alpha value is -3.34. The normalized spacial score (nSPS) is 15.9. The third kappa shape index (κ3) is 4.00. The molecule has 5 nitrogen and oxygen atoms in total. The van der Waals surface area contributed by atoms with Crippen molar-refractivity contribution in [1.82, 2.24) is 4.57 Å². The Labute approximate surface area is 183 Å². The first kappa shape index (κ1) is 20.9. The maximum Gasteiger partial charge on any atom is 0.250 e. The highest BCUT2D eigenvalue weighted by atomic mass is 16.1. The van der Waals surface area contributed by atoms with Crippen molar-refractivity contribution in [2.75, 3.05) is 5.32 Å². The fraction of sp³-hybridized carbons (Fsp3) is 0.308. The highest BCUT2D eigenvalue weighted by Gasteiger charge is 2.34. The largest absolute Gasteiger partial charge is 0.378 e. The van der Waals surface area contributed by atoms with Crippen LogP contribution >= 0.6 is 0 Å². The smallest absolute Gasteiger partial charge is 0.250 e. The van der Waals surface area contributed by atoms with Gasteiger partial charge in [0.15, 0.2) is 5.78 Å². The summed E-state index contributed by atoms with van der Waals surface area (Å²) in [5, 5.41) is 3.45. The monoisotopic (exact) mass is 415 g/mol. The third-order valence-corrected chi connectivity index (χ3v) is 6.08. The van der Waals surface area contributed by atoms with Crippen LogP contribution < -0.4 is 11.1 Å². The van der Waals surface area contributed by atoms with E-state index in [0.717, 1.165) is 34.5 Å². The van der Waals surface area contributed by atoms with E-state index in [4.69, 9.17) is 5.73 Å². The van der Waals surface area contributed by atoms with Gasteiger partial charge in [0.05, 0.1) is 5.56 Å².